The summed E-state index contributed by atoms with van der Waals surface area (Å²) in [5.74, 6) is 0. The second kappa shape index (κ2) is 5.17. The highest BCUT2D eigenvalue weighted by molar-refractivity contribution is 6.30. The molecule has 8 heteroatoms. The van der Waals surface area contributed by atoms with Crippen LogP contribution in [0.5, 0.6) is 0 Å². The smallest absolute Gasteiger partial charge is 0.402 e. The van der Waals surface area contributed by atoms with Crippen molar-refractivity contribution in [3.8, 4) is 0 Å². The molecule has 0 amide bonds. The maximum absolute atomic E-state index is 7.17. The van der Waals surface area contributed by atoms with Gasteiger partial charge in [0.2, 0.25) is 0 Å². The van der Waals surface area contributed by atoms with Gasteiger partial charge in [-0.25, -0.2) is 19.9 Å². The van der Waals surface area contributed by atoms with E-state index in [1.807, 2.05) is 0 Å². The summed E-state index contributed by atoms with van der Waals surface area (Å²) in [5.41, 5.74) is 1.36. The molecule has 0 saturated carbocycles. The number of rotatable bonds is 0. The molecular weight excluding hydrogens is 187 g/mol. The Hall–Kier alpha value is -1.64. The number of hydrogen-bond donors (Lipinski definition) is 3. The molecule has 2 heterocycles. The van der Waals surface area contributed by atoms with Crippen LogP contribution in [0, 0.1) is 0 Å². The van der Waals surface area contributed by atoms with E-state index in [9.17, 15) is 0 Å². The van der Waals surface area contributed by atoms with Crippen LogP contribution in [0.3, 0.4) is 0 Å². The molecule has 0 aromatic carbocycles. The summed E-state index contributed by atoms with van der Waals surface area (Å²) in [4.78, 5) is 15.7. The molecule has 2 rings (SSSR count). The molecule has 14 heavy (non-hydrogen) atoms. The van der Waals surface area contributed by atoms with Crippen molar-refractivity contribution in [3.63, 3.8) is 0 Å². The van der Waals surface area contributed by atoms with Crippen molar-refractivity contribution in [2.24, 2.45) is 0 Å². The zero-order chi connectivity index (χ0) is 10.4. The fourth-order valence-corrected chi connectivity index (χ4v) is 0.724. The summed E-state index contributed by atoms with van der Waals surface area (Å²) < 4.78 is 0. The molecular formula is C6H7BN4O3. The molecule has 0 fully saturated rings. The van der Waals surface area contributed by atoms with Crippen LogP contribution in [0.25, 0.3) is 11.2 Å². The van der Waals surface area contributed by atoms with E-state index in [-0.39, 0.29) is 0 Å². The first kappa shape index (κ1) is 10.4. The summed E-state index contributed by atoms with van der Waals surface area (Å²) in [6.07, 6.45) is 6.31. The van der Waals surface area contributed by atoms with Crippen LogP contribution in [0.4, 0.5) is 0 Å². The lowest BCUT2D eigenvalue weighted by atomic mass is 10.3. The van der Waals surface area contributed by atoms with E-state index in [4.69, 9.17) is 15.1 Å². The molecule has 72 valence electrons. The minimum absolute atomic E-state index is 0.637. The van der Waals surface area contributed by atoms with E-state index < -0.39 is 7.32 Å². The number of nitrogens with zero attached hydrogens (tertiary/aromatic N) is 4. The molecule has 0 unspecified atom stereocenters. The van der Waals surface area contributed by atoms with E-state index in [1.54, 1.807) is 18.6 Å². The molecule has 0 radical (unpaired) electrons. The molecule has 3 N–H and O–H groups in total. The molecule has 0 aliphatic rings. The third kappa shape index (κ3) is 3.39. The Balaban J connectivity index is 0.000000213. The maximum Gasteiger partial charge on any atom is 0.631 e. The normalized spacial score (nSPS) is 9.07. The van der Waals surface area contributed by atoms with Gasteiger partial charge in [0.25, 0.3) is 0 Å². The van der Waals surface area contributed by atoms with Crippen LogP contribution in [0.1, 0.15) is 0 Å². The predicted octanol–water partition coefficient (Wildman–Crippen LogP) is -1.63. The first-order valence-electron chi connectivity index (χ1n) is 3.61. The van der Waals surface area contributed by atoms with Crippen molar-refractivity contribution in [1.29, 1.82) is 0 Å². The molecule has 0 spiro atoms. The van der Waals surface area contributed by atoms with Gasteiger partial charge in [0.15, 0.2) is 5.65 Å². The van der Waals surface area contributed by atoms with E-state index in [0.717, 1.165) is 5.52 Å². The number of hydrogen-bond acceptors (Lipinski definition) is 7. The third-order valence-corrected chi connectivity index (χ3v) is 1.15. The Kier molecular flexibility index (Phi) is 3.86. The van der Waals surface area contributed by atoms with E-state index in [1.165, 1.54) is 6.33 Å². The summed E-state index contributed by atoms with van der Waals surface area (Å²) in [7, 11) is -2.17. The third-order valence-electron chi connectivity index (χ3n) is 1.15. The fourth-order valence-electron chi connectivity index (χ4n) is 0.724. The zero-order valence-corrected chi connectivity index (χ0v) is 7.02. The number of fused-ring (bicyclic) bond motifs is 1. The monoisotopic (exact) mass is 194 g/mol. The topological polar surface area (TPSA) is 112 Å². The quantitative estimate of drug-likeness (QED) is 0.431. The standard InChI is InChI=1S/C6H4N4.BH3O3/c1-2-9-6-5(8-1)3-7-4-10-6;2-1(3)4/h1-4H;2-4H. The summed E-state index contributed by atoms with van der Waals surface area (Å²) in [6.45, 7) is 0. The zero-order valence-electron chi connectivity index (χ0n) is 7.02. The van der Waals surface area contributed by atoms with Crippen LogP contribution in [-0.2, 0) is 0 Å². The predicted molar refractivity (Wildman–Crippen MR) is 47.5 cm³/mol. The molecule has 7 nitrogen and oxygen atoms in total. The highest BCUT2D eigenvalue weighted by Gasteiger charge is 1.92. The molecule has 2 aromatic rings. The lowest BCUT2D eigenvalue weighted by Crippen LogP contribution is -2.07. The maximum atomic E-state index is 7.17. The van der Waals surface area contributed by atoms with Crippen molar-refractivity contribution in [2.45, 2.75) is 0 Å². The first-order chi connectivity index (χ1) is 6.70. The molecule has 0 bridgehead atoms. The van der Waals surface area contributed by atoms with Gasteiger partial charge >= 0.3 is 7.32 Å². The second-order valence-electron chi connectivity index (χ2n) is 2.13. The lowest BCUT2D eigenvalue weighted by molar-refractivity contribution is 0.278. The van der Waals surface area contributed by atoms with Crippen molar-refractivity contribution in [3.05, 3.63) is 24.9 Å². The van der Waals surface area contributed by atoms with E-state index in [2.05, 4.69) is 19.9 Å². The van der Waals surface area contributed by atoms with Crippen LogP contribution < -0.4 is 0 Å². The van der Waals surface area contributed by atoms with Gasteiger partial charge in [-0.05, 0) is 0 Å². The average molecular weight is 194 g/mol. The van der Waals surface area contributed by atoms with Crippen molar-refractivity contribution in [1.82, 2.24) is 19.9 Å². The van der Waals surface area contributed by atoms with Gasteiger partial charge in [-0.15, -0.1) is 0 Å². The van der Waals surface area contributed by atoms with Crippen LogP contribution in [0.2, 0.25) is 0 Å². The SMILES string of the molecule is OB(O)O.c1cnc2ncncc2n1. The molecule has 2 aromatic heterocycles. The average Bonchev–Trinajstić information content (AvgIpc) is 2.17. The van der Waals surface area contributed by atoms with Crippen molar-refractivity contribution >= 4 is 18.5 Å². The van der Waals surface area contributed by atoms with Crippen LogP contribution in [0.15, 0.2) is 24.9 Å². The van der Waals surface area contributed by atoms with Gasteiger partial charge in [-0.2, -0.15) is 0 Å². The Morgan fingerprint density at radius 2 is 1.64 bits per heavy atom. The Labute approximate surface area is 79.3 Å². The van der Waals surface area contributed by atoms with Gasteiger partial charge in [0.1, 0.15) is 11.8 Å². The van der Waals surface area contributed by atoms with Gasteiger partial charge in [-0.1, -0.05) is 0 Å². The van der Waals surface area contributed by atoms with Gasteiger partial charge in [-0.3, -0.25) is 0 Å². The first-order valence-corrected chi connectivity index (χ1v) is 3.61. The Morgan fingerprint density at radius 3 is 2.29 bits per heavy atom. The fraction of sp³-hybridized carbons (Fsp3) is 0. The van der Waals surface area contributed by atoms with Gasteiger partial charge in [0, 0.05) is 12.4 Å². The summed E-state index contributed by atoms with van der Waals surface area (Å²) >= 11 is 0. The highest BCUT2D eigenvalue weighted by atomic mass is 16.5. The minimum Gasteiger partial charge on any atom is -0.402 e. The second-order valence-corrected chi connectivity index (χ2v) is 2.13. The van der Waals surface area contributed by atoms with E-state index >= 15 is 0 Å². The van der Waals surface area contributed by atoms with Crippen LogP contribution in [-0.4, -0.2) is 42.3 Å². The molecule has 0 saturated heterocycles. The summed E-state index contributed by atoms with van der Waals surface area (Å²) in [5, 5.41) is 21.5. The van der Waals surface area contributed by atoms with Crippen molar-refractivity contribution < 1.29 is 15.1 Å². The van der Waals surface area contributed by atoms with Gasteiger partial charge < -0.3 is 15.1 Å². The Morgan fingerprint density at radius 1 is 1.00 bits per heavy atom. The molecule has 0 aliphatic carbocycles. The summed E-state index contributed by atoms with van der Waals surface area (Å²) in [6, 6.07) is 0. The minimum atomic E-state index is -2.17. The molecule has 0 atom stereocenters. The van der Waals surface area contributed by atoms with Crippen molar-refractivity contribution in [2.75, 3.05) is 0 Å². The largest absolute Gasteiger partial charge is 0.631 e. The number of aromatic nitrogens is 4. The van der Waals surface area contributed by atoms with Gasteiger partial charge in [0.05, 0.1) is 6.20 Å². The molecule has 0 aliphatic heterocycles. The van der Waals surface area contributed by atoms with Crippen LogP contribution >= 0.6 is 0 Å². The highest BCUT2D eigenvalue weighted by Crippen LogP contribution is 1.98. The lowest BCUT2D eigenvalue weighted by Gasteiger charge is -1.89. The Bertz CT molecular complexity index is 331. The van der Waals surface area contributed by atoms with E-state index in [0.29, 0.717) is 5.65 Å².